The lowest BCUT2D eigenvalue weighted by atomic mass is 10.1. The zero-order chi connectivity index (χ0) is 10.1. The highest BCUT2D eigenvalue weighted by molar-refractivity contribution is 4.58. The SMILES string of the molecule is CCCCN(CCC)CCC(C)C. The van der Waals surface area contributed by atoms with E-state index >= 15 is 0 Å². The van der Waals surface area contributed by atoms with Crippen LogP contribution in [-0.4, -0.2) is 24.5 Å². The second-order valence-electron chi connectivity index (χ2n) is 4.38. The van der Waals surface area contributed by atoms with Gasteiger partial charge in [0.15, 0.2) is 0 Å². The molecule has 0 spiro atoms. The monoisotopic (exact) mass is 185 g/mol. The van der Waals surface area contributed by atoms with Gasteiger partial charge >= 0.3 is 0 Å². The lowest BCUT2D eigenvalue weighted by Gasteiger charge is -2.22. The molecule has 0 fully saturated rings. The van der Waals surface area contributed by atoms with E-state index in [9.17, 15) is 0 Å². The van der Waals surface area contributed by atoms with Crippen LogP contribution in [-0.2, 0) is 0 Å². The van der Waals surface area contributed by atoms with Gasteiger partial charge in [0, 0.05) is 0 Å². The van der Waals surface area contributed by atoms with Gasteiger partial charge < -0.3 is 4.90 Å². The predicted molar refractivity (Wildman–Crippen MR) is 61.1 cm³/mol. The molecule has 0 N–H and O–H groups in total. The van der Waals surface area contributed by atoms with Crippen LogP contribution in [0.15, 0.2) is 0 Å². The molecule has 0 heterocycles. The molecule has 13 heavy (non-hydrogen) atoms. The molecule has 0 radical (unpaired) electrons. The Morgan fingerprint density at radius 3 is 2.08 bits per heavy atom. The van der Waals surface area contributed by atoms with Crippen molar-refractivity contribution >= 4 is 0 Å². The molecule has 0 bridgehead atoms. The first-order valence-corrected chi connectivity index (χ1v) is 5.93. The molecule has 0 aromatic rings. The third kappa shape index (κ3) is 8.29. The average Bonchev–Trinajstić information content (AvgIpc) is 2.09. The summed E-state index contributed by atoms with van der Waals surface area (Å²) in [5, 5.41) is 0. The van der Waals surface area contributed by atoms with E-state index < -0.39 is 0 Å². The first kappa shape index (κ1) is 13.0. The highest BCUT2D eigenvalue weighted by Crippen LogP contribution is 2.04. The van der Waals surface area contributed by atoms with Crippen LogP contribution in [0.3, 0.4) is 0 Å². The maximum absolute atomic E-state index is 2.61. The summed E-state index contributed by atoms with van der Waals surface area (Å²) in [5.41, 5.74) is 0. The number of nitrogens with zero attached hydrogens (tertiary/aromatic N) is 1. The van der Waals surface area contributed by atoms with Crippen LogP contribution in [0, 0.1) is 5.92 Å². The second-order valence-corrected chi connectivity index (χ2v) is 4.38. The quantitative estimate of drug-likeness (QED) is 0.559. The van der Waals surface area contributed by atoms with Gasteiger partial charge in [0.25, 0.3) is 0 Å². The van der Waals surface area contributed by atoms with E-state index in [1.807, 2.05) is 0 Å². The Balaban J connectivity index is 3.53. The third-order valence-electron chi connectivity index (χ3n) is 2.39. The van der Waals surface area contributed by atoms with E-state index in [0.29, 0.717) is 0 Å². The molecular weight excluding hydrogens is 158 g/mol. The smallest absolute Gasteiger partial charge is 0.00163 e. The minimum absolute atomic E-state index is 0.848. The fraction of sp³-hybridized carbons (Fsp3) is 1.00. The number of hydrogen-bond acceptors (Lipinski definition) is 1. The van der Waals surface area contributed by atoms with Crippen molar-refractivity contribution < 1.29 is 0 Å². The van der Waals surface area contributed by atoms with Gasteiger partial charge in [-0.1, -0.05) is 34.1 Å². The molecule has 0 aromatic carbocycles. The van der Waals surface area contributed by atoms with Gasteiger partial charge in [0.2, 0.25) is 0 Å². The molecule has 0 saturated carbocycles. The fourth-order valence-electron chi connectivity index (χ4n) is 1.47. The van der Waals surface area contributed by atoms with Gasteiger partial charge in [-0.3, -0.25) is 0 Å². The Labute approximate surface area is 84.5 Å². The lowest BCUT2D eigenvalue weighted by molar-refractivity contribution is 0.254. The Hall–Kier alpha value is -0.0400. The molecule has 0 aromatic heterocycles. The summed E-state index contributed by atoms with van der Waals surface area (Å²) in [6.07, 6.45) is 5.32. The van der Waals surface area contributed by atoms with Crippen LogP contribution in [0.4, 0.5) is 0 Å². The molecule has 0 aliphatic rings. The van der Waals surface area contributed by atoms with E-state index in [-0.39, 0.29) is 0 Å². The first-order chi connectivity index (χ1) is 6.20. The molecule has 0 aliphatic carbocycles. The summed E-state index contributed by atoms with van der Waals surface area (Å²) in [6, 6.07) is 0. The summed E-state index contributed by atoms with van der Waals surface area (Å²) in [4.78, 5) is 2.61. The largest absolute Gasteiger partial charge is 0.303 e. The van der Waals surface area contributed by atoms with Crippen LogP contribution < -0.4 is 0 Å². The van der Waals surface area contributed by atoms with Gasteiger partial charge in [-0.2, -0.15) is 0 Å². The van der Waals surface area contributed by atoms with Crippen molar-refractivity contribution in [2.24, 2.45) is 5.92 Å². The van der Waals surface area contributed by atoms with Crippen LogP contribution in [0.5, 0.6) is 0 Å². The van der Waals surface area contributed by atoms with Crippen molar-refractivity contribution in [2.75, 3.05) is 19.6 Å². The van der Waals surface area contributed by atoms with Crippen molar-refractivity contribution in [3.8, 4) is 0 Å². The number of unbranched alkanes of at least 4 members (excludes halogenated alkanes) is 1. The Kier molecular flexibility index (Phi) is 8.53. The summed E-state index contributed by atoms with van der Waals surface area (Å²) >= 11 is 0. The topological polar surface area (TPSA) is 3.24 Å². The Morgan fingerprint density at radius 1 is 0.923 bits per heavy atom. The van der Waals surface area contributed by atoms with Crippen LogP contribution in [0.1, 0.15) is 53.4 Å². The van der Waals surface area contributed by atoms with E-state index in [1.165, 1.54) is 45.3 Å². The van der Waals surface area contributed by atoms with Gasteiger partial charge in [-0.05, 0) is 44.8 Å². The van der Waals surface area contributed by atoms with Crippen molar-refractivity contribution in [3.63, 3.8) is 0 Å². The highest BCUT2D eigenvalue weighted by atomic mass is 15.1. The van der Waals surface area contributed by atoms with Crippen LogP contribution in [0.2, 0.25) is 0 Å². The minimum atomic E-state index is 0.848. The van der Waals surface area contributed by atoms with Gasteiger partial charge in [0.05, 0.1) is 0 Å². The van der Waals surface area contributed by atoms with Crippen molar-refractivity contribution in [1.29, 1.82) is 0 Å². The molecule has 1 heteroatoms. The number of rotatable bonds is 8. The molecular formula is C12H27N. The highest BCUT2D eigenvalue weighted by Gasteiger charge is 2.03. The average molecular weight is 185 g/mol. The molecule has 80 valence electrons. The standard InChI is InChI=1S/C12H27N/c1-5-7-10-13(9-6-2)11-8-12(3)4/h12H,5-11H2,1-4H3. The van der Waals surface area contributed by atoms with E-state index in [4.69, 9.17) is 0 Å². The van der Waals surface area contributed by atoms with Gasteiger partial charge in [-0.15, -0.1) is 0 Å². The molecule has 0 unspecified atom stereocenters. The maximum Gasteiger partial charge on any atom is -0.00163 e. The zero-order valence-corrected chi connectivity index (χ0v) is 9.97. The first-order valence-electron chi connectivity index (χ1n) is 5.93. The third-order valence-corrected chi connectivity index (χ3v) is 2.39. The van der Waals surface area contributed by atoms with Crippen molar-refractivity contribution in [1.82, 2.24) is 4.90 Å². The normalized spacial score (nSPS) is 11.5. The van der Waals surface area contributed by atoms with Gasteiger partial charge in [-0.25, -0.2) is 0 Å². The summed E-state index contributed by atoms with van der Waals surface area (Å²) in [5.74, 6) is 0.848. The van der Waals surface area contributed by atoms with E-state index in [1.54, 1.807) is 0 Å². The molecule has 0 rings (SSSR count). The van der Waals surface area contributed by atoms with Crippen molar-refractivity contribution in [2.45, 2.75) is 53.4 Å². The van der Waals surface area contributed by atoms with Crippen molar-refractivity contribution in [3.05, 3.63) is 0 Å². The Morgan fingerprint density at radius 2 is 1.62 bits per heavy atom. The molecule has 0 atom stereocenters. The molecule has 0 aliphatic heterocycles. The Bertz CT molecular complexity index is 99.3. The predicted octanol–water partition coefficient (Wildman–Crippen LogP) is 3.54. The van der Waals surface area contributed by atoms with Crippen LogP contribution >= 0.6 is 0 Å². The summed E-state index contributed by atoms with van der Waals surface area (Å²) < 4.78 is 0. The van der Waals surface area contributed by atoms with E-state index in [2.05, 4.69) is 32.6 Å². The fourth-order valence-corrected chi connectivity index (χ4v) is 1.47. The lowest BCUT2D eigenvalue weighted by Crippen LogP contribution is -2.27. The molecule has 0 amide bonds. The number of hydrogen-bond donors (Lipinski definition) is 0. The second kappa shape index (κ2) is 8.55. The van der Waals surface area contributed by atoms with E-state index in [0.717, 1.165) is 5.92 Å². The summed E-state index contributed by atoms with van der Waals surface area (Å²) in [7, 11) is 0. The molecule has 0 saturated heterocycles. The van der Waals surface area contributed by atoms with Gasteiger partial charge in [0.1, 0.15) is 0 Å². The van der Waals surface area contributed by atoms with Crippen LogP contribution in [0.25, 0.3) is 0 Å². The minimum Gasteiger partial charge on any atom is -0.303 e. The summed E-state index contributed by atoms with van der Waals surface area (Å²) in [6.45, 7) is 13.0. The maximum atomic E-state index is 2.61. The zero-order valence-electron chi connectivity index (χ0n) is 9.97. The molecule has 1 nitrogen and oxygen atoms in total.